The standard InChI is InChI=1S/C14H26N2O/c1-10(8-11-4-2-3-7-15-11)16-13-9-12-5-6-14(13)17-12/h10-16H,2-9H2,1H3. The molecule has 5 unspecified atom stereocenters. The molecule has 0 aromatic heterocycles. The predicted molar refractivity (Wildman–Crippen MR) is 69.2 cm³/mol. The molecule has 5 atom stereocenters. The monoisotopic (exact) mass is 238 g/mol. The zero-order chi connectivity index (χ0) is 11.7. The van der Waals surface area contributed by atoms with Crippen LogP contribution in [0.2, 0.25) is 0 Å². The number of hydrogen-bond acceptors (Lipinski definition) is 3. The van der Waals surface area contributed by atoms with Crippen LogP contribution in [-0.2, 0) is 4.74 Å². The molecule has 3 saturated heterocycles. The summed E-state index contributed by atoms with van der Waals surface area (Å²) in [6.07, 6.45) is 10.3. The average Bonchev–Trinajstić information content (AvgIpc) is 2.92. The van der Waals surface area contributed by atoms with Gasteiger partial charge in [-0.05, 0) is 52.0 Å². The van der Waals surface area contributed by atoms with Gasteiger partial charge in [-0.2, -0.15) is 0 Å². The van der Waals surface area contributed by atoms with E-state index in [1.165, 1.54) is 51.5 Å². The molecule has 3 aliphatic rings. The molecule has 0 aromatic carbocycles. The fourth-order valence-electron chi connectivity index (χ4n) is 3.80. The number of fused-ring (bicyclic) bond motifs is 2. The fourth-order valence-corrected chi connectivity index (χ4v) is 3.80. The normalized spacial score (nSPS) is 42.9. The van der Waals surface area contributed by atoms with Crippen molar-refractivity contribution >= 4 is 0 Å². The number of rotatable bonds is 4. The number of nitrogens with one attached hydrogen (secondary N) is 2. The molecule has 3 nitrogen and oxygen atoms in total. The van der Waals surface area contributed by atoms with Crippen molar-refractivity contribution in [1.29, 1.82) is 0 Å². The molecule has 3 heterocycles. The van der Waals surface area contributed by atoms with Gasteiger partial charge < -0.3 is 15.4 Å². The highest BCUT2D eigenvalue weighted by molar-refractivity contribution is 4.95. The van der Waals surface area contributed by atoms with Gasteiger partial charge in [0.05, 0.1) is 12.2 Å². The number of piperidine rings is 1. The molecule has 0 amide bonds. The van der Waals surface area contributed by atoms with Gasteiger partial charge in [0.1, 0.15) is 0 Å². The van der Waals surface area contributed by atoms with Gasteiger partial charge in [0.15, 0.2) is 0 Å². The lowest BCUT2D eigenvalue weighted by Crippen LogP contribution is -2.46. The van der Waals surface area contributed by atoms with Crippen molar-refractivity contribution in [2.45, 2.75) is 82.2 Å². The SMILES string of the molecule is CC(CC1CCCCN1)NC1CC2CCC1O2. The van der Waals surface area contributed by atoms with E-state index in [9.17, 15) is 0 Å². The van der Waals surface area contributed by atoms with E-state index in [0.29, 0.717) is 24.3 Å². The molecule has 3 aliphatic heterocycles. The van der Waals surface area contributed by atoms with Gasteiger partial charge in [0.2, 0.25) is 0 Å². The van der Waals surface area contributed by atoms with Crippen LogP contribution in [0, 0.1) is 0 Å². The maximum atomic E-state index is 5.90. The Hall–Kier alpha value is -0.120. The number of ether oxygens (including phenoxy) is 1. The highest BCUT2D eigenvalue weighted by Crippen LogP contribution is 2.34. The summed E-state index contributed by atoms with van der Waals surface area (Å²) in [5.74, 6) is 0. The van der Waals surface area contributed by atoms with Gasteiger partial charge in [0.25, 0.3) is 0 Å². The van der Waals surface area contributed by atoms with Crippen molar-refractivity contribution in [2.75, 3.05) is 6.54 Å². The van der Waals surface area contributed by atoms with Crippen molar-refractivity contribution in [3.05, 3.63) is 0 Å². The smallest absolute Gasteiger partial charge is 0.0733 e. The summed E-state index contributed by atoms with van der Waals surface area (Å²) in [5.41, 5.74) is 0. The van der Waals surface area contributed by atoms with Gasteiger partial charge in [-0.25, -0.2) is 0 Å². The third-order valence-corrected chi connectivity index (χ3v) is 4.66. The molecule has 0 aliphatic carbocycles. The highest BCUT2D eigenvalue weighted by atomic mass is 16.5. The largest absolute Gasteiger partial charge is 0.373 e. The van der Waals surface area contributed by atoms with Crippen LogP contribution in [0.15, 0.2) is 0 Å². The molecular formula is C14H26N2O. The van der Waals surface area contributed by atoms with Crippen LogP contribution in [0.25, 0.3) is 0 Å². The molecule has 3 fully saturated rings. The van der Waals surface area contributed by atoms with Crippen molar-refractivity contribution < 1.29 is 4.74 Å². The van der Waals surface area contributed by atoms with E-state index in [4.69, 9.17) is 4.74 Å². The molecular weight excluding hydrogens is 212 g/mol. The molecule has 0 aromatic rings. The summed E-state index contributed by atoms with van der Waals surface area (Å²) < 4.78 is 5.90. The Morgan fingerprint density at radius 1 is 1.29 bits per heavy atom. The van der Waals surface area contributed by atoms with Crippen molar-refractivity contribution in [2.24, 2.45) is 0 Å². The predicted octanol–water partition coefficient (Wildman–Crippen LogP) is 1.82. The van der Waals surface area contributed by atoms with Crippen LogP contribution < -0.4 is 10.6 Å². The van der Waals surface area contributed by atoms with Gasteiger partial charge in [-0.1, -0.05) is 6.42 Å². The van der Waals surface area contributed by atoms with Crippen molar-refractivity contribution in [3.8, 4) is 0 Å². The first-order chi connectivity index (χ1) is 8.31. The van der Waals surface area contributed by atoms with Crippen LogP contribution in [-0.4, -0.2) is 36.9 Å². The fraction of sp³-hybridized carbons (Fsp3) is 1.00. The summed E-state index contributed by atoms with van der Waals surface area (Å²) >= 11 is 0. The summed E-state index contributed by atoms with van der Waals surface area (Å²) in [6, 6.07) is 2.00. The van der Waals surface area contributed by atoms with Gasteiger partial charge in [0, 0.05) is 18.1 Å². The van der Waals surface area contributed by atoms with E-state index in [0.717, 1.165) is 6.04 Å². The van der Waals surface area contributed by atoms with Crippen molar-refractivity contribution in [3.63, 3.8) is 0 Å². The second-order valence-corrected chi connectivity index (χ2v) is 6.17. The Labute approximate surface area is 105 Å². The minimum absolute atomic E-state index is 0.516. The zero-order valence-electron chi connectivity index (χ0n) is 11.0. The number of hydrogen-bond donors (Lipinski definition) is 2. The molecule has 0 radical (unpaired) electrons. The maximum absolute atomic E-state index is 5.90. The van der Waals surface area contributed by atoms with E-state index in [2.05, 4.69) is 17.6 Å². The van der Waals surface area contributed by atoms with Gasteiger partial charge >= 0.3 is 0 Å². The third kappa shape index (κ3) is 2.83. The van der Waals surface area contributed by atoms with E-state index >= 15 is 0 Å². The molecule has 2 bridgehead atoms. The van der Waals surface area contributed by atoms with E-state index in [1.54, 1.807) is 0 Å². The molecule has 0 spiro atoms. The Balaban J connectivity index is 1.42. The molecule has 3 rings (SSSR count). The second-order valence-electron chi connectivity index (χ2n) is 6.17. The first-order valence-corrected chi connectivity index (χ1v) is 7.46. The first-order valence-electron chi connectivity index (χ1n) is 7.46. The summed E-state index contributed by atoms with van der Waals surface area (Å²) in [4.78, 5) is 0. The summed E-state index contributed by atoms with van der Waals surface area (Å²) in [5, 5.41) is 7.43. The van der Waals surface area contributed by atoms with E-state index < -0.39 is 0 Å². The van der Waals surface area contributed by atoms with Crippen LogP contribution >= 0.6 is 0 Å². The zero-order valence-corrected chi connectivity index (χ0v) is 11.0. The lowest BCUT2D eigenvalue weighted by atomic mass is 9.93. The molecule has 98 valence electrons. The lowest BCUT2D eigenvalue weighted by molar-refractivity contribution is 0.0958. The van der Waals surface area contributed by atoms with E-state index in [1.807, 2.05) is 0 Å². The van der Waals surface area contributed by atoms with Crippen LogP contribution in [0.1, 0.15) is 51.9 Å². The Kier molecular flexibility index (Phi) is 3.69. The Morgan fingerprint density at radius 3 is 2.88 bits per heavy atom. The third-order valence-electron chi connectivity index (χ3n) is 4.66. The van der Waals surface area contributed by atoms with Gasteiger partial charge in [-0.3, -0.25) is 0 Å². The maximum Gasteiger partial charge on any atom is 0.0733 e. The second kappa shape index (κ2) is 5.25. The quantitative estimate of drug-likeness (QED) is 0.784. The van der Waals surface area contributed by atoms with Crippen molar-refractivity contribution in [1.82, 2.24) is 10.6 Å². The van der Waals surface area contributed by atoms with Crippen LogP contribution in [0.5, 0.6) is 0 Å². The average molecular weight is 238 g/mol. The molecule has 3 heteroatoms. The first kappa shape index (κ1) is 11.9. The van der Waals surface area contributed by atoms with Crippen LogP contribution in [0.3, 0.4) is 0 Å². The minimum atomic E-state index is 0.516. The summed E-state index contributed by atoms with van der Waals surface area (Å²) in [7, 11) is 0. The lowest BCUT2D eigenvalue weighted by Gasteiger charge is -2.29. The molecule has 0 saturated carbocycles. The minimum Gasteiger partial charge on any atom is -0.373 e. The molecule has 2 N–H and O–H groups in total. The van der Waals surface area contributed by atoms with E-state index in [-0.39, 0.29) is 0 Å². The topological polar surface area (TPSA) is 33.3 Å². The van der Waals surface area contributed by atoms with Gasteiger partial charge in [-0.15, -0.1) is 0 Å². The molecule has 17 heavy (non-hydrogen) atoms. The van der Waals surface area contributed by atoms with Crippen LogP contribution in [0.4, 0.5) is 0 Å². The Morgan fingerprint density at radius 2 is 2.24 bits per heavy atom. The Bertz CT molecular complexity index is 253. The highest BCUT2D eigenvalue weighted by Gasteiger charge is 2.40. The summed E-state index contributed by atoms with van der Waals surface area (Å²) in [6.45, 7) is 3.55.